The smallest absolute Gasteiger partial charge is 0.119 e. The first-order chi connectivity index (χ1) is 9.08. The van der Waals surface area contributed by atoms with Gasteiger partial charge in [0.15, 0.2) is 0 Å². The standard InChI is InChI=1S/C16H25NO2/c1-11(2)19-15-7-5-13(6-8-15)12(3)17-14-9-16(10-14)18-4/h5-8,11-12,14,16-17H,9-10H2,1-4H3. The molecule has 1 atom stereocenters. The average molecular weight is 263 g/mol. The van der Waals surface area contributed by atoms with Gasteiger partial charge in [0.2, 0.25) is 0 Å². The molecule has 1 fully saturated rings. The van der Waals surface area contributed by atoms with Gasteiger partial charge in [-0.05, 0) is 51.3 Å². The quantitative estimate of drug-likeness (QED) is 0.854. The molecule has 1 aliphatic carbocycles. The normalized spacial score (nSPS) is 24.1. The zero-order chi connectivity index (χ0) is 13.8. The highest BCUT2D eigenvalue weighted by molar-refractivity contribution is 5.29. The van der Waals surface area contributed by atoms with Gasteiger partial charge in [-0.1, -0.05) is 12.1 Å². The largest absolute Gasteiger partial charge is 0.491 e. The molecule has 0 heterocycles. The molecule has 19 heavy (non-hydrogen) atoms. The molecular formula is C16H25NO2. The first-order valence-corrected chi connectivity index (χ1v) is 7.14. The van der Waals surface area contributed by atoms with Crippen LogP contribution in [0.2, 0.25) is 0 Å². The summed E-state index contributed by atoms with van der Waals surface area (Å²) in [5, 5.41) is 3.64. The van der Waals surface area contributed by atoms with Crippen LogP contribution < -0.4 is 10.1 Å². The van der Waals surface area contributed by atoms with Gasteiger partial charge in [0, 0.05) is 19.2 Å². The molecule has 106 valence electrons. The van der Waals surface area contributed by atoms with Gasteiger partial charge in [0.25, 0.3) is 0 Å². The zero-order valence-corrected chi connectivity index (χ0v) is 12.3. The molecule has 0 aliphatic heterocycles. The molecule has 0 aromatic heterocycles. The van der Waals surface area contributed by atoms with E-state index in [-0.39, 0.29) is 6.10 Å². The number of hydrogen-bond acceptors (Lipinski definition) is 3. The summed E-state index contributed by atoms with van der Waals surface area (Å²) >= 11 is 0. The fourth-order valence-corrected chi connectivity index (χ4v) is 2.45. The Labute approximate surface area is 116 Å². The second-order valence-corrected chi connectivity index (χ2v) is 5.65. The maximum absolute atomic E-state index is 5.65. The van der Waals surface area contributed by atoms with E-state index in [1.165, 1.54) is 5.56 Å². The topological polar surface area (TPSA) is 30.5 Å². The highest BCUT2D eigenvalue weighted by Crippen LogP contribution is 2.26. The Balaban J connectivity index is 1.84. The summed E-state index contributed by atoms with van der Waals surface area (Å²) in [6.45, 7) is 6.29. The maximum Gasteiger partial charge on any atom is 0.119 e. The van der Waals surface area contributed by atoms with Crippen LogP contribution in [0.25, 0.3) is 0 Å². The van der Waals surface area contributed by atoms with E-state index in [9.17, 15) is 0 Å². The Kier molecular flexibility index (Phi) is 4.83. The lowest BCUT2D eigenvalue weighted by atomic mass is 9.88. The van der Waals surface area contributed by atoms with Gasteiger partial charge in [-0.2, -0.15) is 0 Å². The van der Waals surface area contributed by atoms with E-state index in [1.54, 1.807) is 7.11 Å². The van der Waals surface area contributed by atoms with Crippen molar-refractivity contribution in [1.82, 2.24) is 5.32 Å². The number of methoxy groups -OCH3 is 1. The fraction of sp³-hybridized carbons (Fsp3) is 0.625. The molecule has 0 bridgehead atoms. The van der Waals surface area contributed by atoms with Crippen LogP contribution in [-0.4, -0.2) is 25.4 Å². The van der Waals surface area contributed by atoms with Gasteiger partial charge in [0.1, 0.15) is 5.75 Å². The summed E-state index contributed by atoms with van der Waals surface area (Å²) in [6, 6.07) is 9.34. The maximum atomic E-state index is 5.65. The van der Waals surface area contributed by atoms with E-state index in [4.69, 9.17) is 9.47 Å². The molecule has 1 aliphatic rings. The van der Waals surface area contributed by atoms with Crippen LogP contribution in [0.5, 0.6) is 5.75 Å². The minimum absolute atomic E-state index is 0.224. The van der Waals surface area contributed by atoms with Crippen molar-refractivity contribution in [1.29, 1.82) is 0 Å². The molecule has 1 saturated carbocycles. The molecule has 0 amide bonds. The third-order valence-corrected chi connectivity index (χ3v) is 3.67. The van der Waals surface area contributed by atoms with Gasteiger partial charge in [0.05, 0.1) is 12.2 Å². The first kappa shape index (κ1) is 14.4. The number of hydrogen-bond donors (Lipinski definition) is 1. The van der Waals surface area contributed by atoms with E-state index >= 15 is 0 Å². The van der Waals surface area contributed by atoms with Gasteiger partial charge in [-0.15, -0.1) is 0 Å². The van der Waals surface area contributed by atoms with Crippen molar-refractivity contribution in [3.63, 3.8) is 0 Å². The van der Waals surface area contributed by atoms with Gasteiger partial charge < -0.3 is 14.8 Å². The molecule has 1 aromatic carbocycles. The van der Waals surface area contributed by atoms with Crippen molar-refractivity contribution in [2.75, 3.05) is 7.11 Å². The SMILES string of the molecule is COC1CC(NC(C)c2ccc(OC(C)C)cc2)C1. The van der Waals surface area contributed by atoms with E-state index in [2.05, 4.69) is 24.4 Å². The third kappa shape index (κ3) is 3.95. The van der Waals surface area contributed by atoms with Gasteiger partial charge in [-0.3, -0.25) is 0 Å². The molecule has 3 nitrogen and oxygen atoms in total. The molecule has 0 spiro atoms. The average Bonchev–Trinajstić information content (AvgIpc) is 2.33. The Bertz CT molecular complexity index is 382. The van der Waals surface area contributed by atoms with Crippen molar-refractivity contribution < 1.29 is 9.47 Å². The van der Waals surface area contributed by atoms with Crippen LogP contribution in [0, 0.1) is 0 Å². The van der Waals surface area contributed by atoms with E-state index < -0.39 is 0 Å². The molecule has 0 saturated heterocycles. The van der Waals surface area contributed by atoms with Crippen LogP contribution in [0.3, 0.4) is 0 Å². The first-order valence-electron chi connectivity index (χ1n) is 7.14. The third-order valence-electron chi connectivity index (χ3n) is 3.67. The minimum Gasteiger partial charge on any atom is -0.491 e. The summed E-state index contributed by atoms with van der Waals surface area (Å²) in [5.74, 6) is 0.939. The van der Waals surface area contributed by atoms with E-state index in [0.29, 0.717) is 18.2 Å². The Hall–Kier alpha value is -1.06. The van der Waals surface area contributed by atoms with Crippen LogP contribution in [0.4, 0.5) is 0 Å². The van der Waals surface area contributed by atoms with Crippen LogP contribution in [-0.2, 0) is 4.74 Å². The Morgan fingerprint density at radius 1 is 1.11 bits per heavy atom. The van der Waals surface area contributed by atoms with E-state index in [1.807, 2.05) is 26.0 Å². The van der Waals surface area contributed by atoms with Crippen LogP contribution in [0.1, 0.15) is 45.2 Å². The predicted molar refractivity (Wildman–Crippen MR) is 77.6 cm³/mol. The second kappa shape index (κ2) is 6.40. The highest BCUT2D eigenvalue weighted by Gasteiger charge is 2.29. The molecule has 1 unspecified atom stereocenters. The summed E-state index contributed by atoms with van der Waals surface area (Å²) in [6.07, 6.45) is 2.92. The van der Waals surface area contributed by atoms with Gasteiger partial charge in [-0.25, -0.2) is 0 Å². The second-order valence-electron chi connectivity index (χ2n) is 5.65. The van der Waals surface area contributed by atoms with E-state index in [0.717, 1.165) is 18.6 Å². The molecule has 0 radical (unpaired) electrons. The summed E-state index contributed by atoms with van der Waals surface area (Å²) < 4.78 is 11.0. The number of ether oxygens (including phenoxy) is 2. The summed E-state index contributed by atoms with van der Waals surface area (Å²) in [7, 11) is 1.79. The molecule has 1 N–H and O–H groups in total. The minimum atomic E-state index is 0.224. The van der Waals surface area contributed by atoms with Crippen molar-refractivity contribution in [2.45, 2.75) is 57.9 Å². The molecule has 2 rings (SSSR count). The number of nitrogens with one attached hydrogen (secondary N) is 1. The van der Waals surface area contributed by atoms with Crippen LogP contribution in [0.15, 0.2) is 24.3 Å². The molecule has 3 heteroatoms. The Morgan fingerprint density at radius 3 is 2.26 bits per heavy atom. The lowest BCUT2D eigenvalue weighted by Crippen LogP contribution is -2.45. The predicted octanol–water partition coefficient (Wildman–Crippen LogP) is 3.30. The van der Waals surface area contributed by atoms with Crippen molar-refractivity contribution >= 4 is 0 Å². The number of rotatable bonds is 6. The Morgan fingerprint density at radius 2 is 1.74 bits per heavy atom. The summed E-state index contributed by atoms with van der Waals surface area (Å²) in [5.41, 5.74) is 1.30. The van der Waals surface area contributed by atoms with Crippen LogP contribution >= 0.6 is 0 Å². The van der Waals surface area contributed by atoms with Crippen molar-refractivity contribution in [3.05, 3.63) is 29.8 Å². The van der Waals surface area contributed by atoms with Gasteiger partial charge >= 0.3 is 0 Å². The highest BCUT2D eigenvalue weighted by atomic mass is 16.5. The fourth-order valence-electron chi connectivity index (χ4n) is 2.45. The molecule has 1 aromatic rings. The van der Waals surface area contributed by atoms with Crippen molar-refractivity contribution in [3.8, 4) is 5.75 Å². The van der Waals surface area contributed by atoms with Crippen molar-refractivity contribution in [2.24, 2.45) is 0 Å². The monoisotopic (exact) mass is 263 g/mol. The summed E-state index contributed by atoms with van der Waals surface area (Å²) in [4.78, 5) is 0. The lowest BCUT2D eigenvalue weighted by molar-refractivity contribution is 0.0147. The number of benzene rings is 1. The molecular weight excluding hydrogens is 238 g/mol. The lowest BCUT2D eigenvalue weighted by Gasteiger charge is -2.36. The zero-order valence-electron chi connectivity index (χ0n) is 12.3.